The first-order valence-corrected chi connectivity index (χ1v) is 7.98. The Balaban J connectivity index is 1.73. The number of hydrogen-bond acceptors (Lipinski definition) is 3. The summed E-state index contributed by atoms with van der Waals surface area (Å²) in [7, 11) is 0. The molecule has 1 aliphatic rings. The summed E-state index contributed by atoms with van der Waals surface area (Å²) in [4.78, 5) is 0. The van der Waals surface area contributed by atoms with E-state index in [-0.39, 0.29) is 0 Å². The van der Waals surface area contributed by atoms with Crippen molar-refractivity contribution in [2.45, 2.75) is 51.0 Å². The Morgan fingerprint density at radius 2 is 1.81 bits per heavy atom. The van der Waals surface area contributed by atoms with Crippen LogP contribution < -0.4 is 0 Å². The maximum absolute atomic E-state index is 10.6. The van der Waals surface area contributed by atoms with Crippen LogP contribution in [-0.4, -0.2) is 20.1 Å². The van der Waals surface area contributed by atoms with Gasteiger partial charge in [-0.15, -0.1) is 5.10 Å². The number of nitrogens with zero attached hydrogens (tertiary/aromatic N) is 3. The summed E-state index contributed by atoms with van der Waals surface area (Å²) in [6.07, 6.45) is 9.79. The molecule has 1 aromatic heterocycles. The van der Waals surface area contributed by atoms with Crippen LogP contribution in [0.4, 0.5) is 0 Å². The number of rotatable bonds is 4. The molecule has 1 aliphatic carbocycles. The molecule has 1 atom stereocenters. The number of hydrogen-bond donors (Lipinski definition) is 1. The molecule has 21 heavy (non-hydrogen) atoms. The average molecular weight is 285 g/mol. The van der Waals surface area contributed by atoms with Crippen molar-refractivity contribution in [3.05, 3.63) is 42.2 Å². The summed E-state index contributed by atoms with van der Waals surface area (Å²) >= 11 is 0. The van der Waals surface area contributed by atoms with Gasteiger partial charge >= 0.3 is 0 Å². The van der Waals surface area contributed by atoms with Crippen LogP contribution in [0, 0.1) is 5.92 Å². The molecule has 3 rings (SSSR count). The predicted octanol–water partition coefficient (Wildman–Crippen LogP) is 3.66. The topological polar surface area (TPSA) is 50.9 Å². The van der Waals surface area contributed by atoms with Crippen molar-refractivity contribution in [1.82, 2.24) is 15.0 Å². The Kier molecular flexibility index (Phi) is 4.65. The molecule has 4 heteroatoms. The van der Waals surface area contributed by atoms with Gasteiger partial charge in [-0.05, 0) is 24.5 Å². The highest BCUT2D eigenvalue weighted by atomic mass is 16.3. The van der Waals surface area contributed by atoms with Gasteiger partial charge in [-0.1, -0.05) is 61.9 Å². The Morgan fingerprint density at radius 3 is 2.52 bits per heavy atom. The van der Waals surface area contributed by atoms with Gasteiger partial charge in [0.15, 0.2) is 0 Å². The molecular weight excluding hydrogens is 262 g/mol. The summed E-state index contributed by atoms with van der Waals surface area (Å²) in [5.41, 5.74) is 1.75. The molecule has 1 unspecified atom stereocenters. The molecule has 0 spiro atoms. The molecule has 1 saturated carbocycles. The van der Waals surface area contributed by atoms with Gasteiger partial charge in [-0.2, -0.15) is 0 Å². The van der Waals surface area contributed by atoms with Gasteiger partial charge in [-0.3, -0.25) is 0 Å². The number of aliphatic hydroxyl groups is 1. The van der Waals surface area contributed by atoms with Crippen molar-refractivity contribution < 1.29 is 5.11 Å². The van der Waals surface area contributed by atoms with Gasteiger partial charge in [0.25, 0.3) is 0 Å². The minimum Gasteiger partial charge on any atom is -0.387 e. The molecule has 112 valence electrons. The Hall–Kier alpha value is -1.68. The molecule has 0 saturated heterocycles. The van der Waals surface area contributed by atoms with E-state index in [0.29, 0.717) is 5.92 Å². The van der Waals surface area contributed by atoms with Crippen molar-refractivity contribution in [3.8, 4) is 5.69 Å². The molecule has 1 aromatic carbocycles. The van der Waals surface area contributed by atoms with Crippen molar-refractivity contribution in [3.63, 3.8) is 0 Å². The van der Waals surface area contributed by atoms with Crippen LogP contribution in [0.2, 0.25) is 0 Å². The first-order chi connectivity index (χ1) is 10.3. The number of aromatic nitrogens is 3. The molecular formula is C17H23N3O. The number of para-hydroxylation sites is 1. The maximum atomic E-state index is 10.6. The summed E-state index contributed by atoms with van der Waals surface area (Å²) in [6, 6.07) is 9.88. The number of aliphatic hydroxyl groups excluding tert-OH is 1. The smallest absolute Gasteiger partial charge is 0.0980 e. The van der Waals surface area contributed by atoms with Gasteiger partial charge in [-0.25, -0.2) is 4.68 Å². The van der Waals surface area contributed by atoms with Gasteiger partial charge in [0.05, 0.1) is 23.7 Å². The third-order valence-corrected chi connectivity index (χ3v) is 4.45. The van der Waals surface area contributed by atoms with Gasteiger partial charge < -0.3 is 5.11 Å². The Labute approximate surface area is 125 Å². The molecule has 0 radical (unpaired) electrons. The molecule has 1 fully saturated rings. The second kappa shape index (κ2) is 6.85. The summed E-state index contributed by atoms with van der Waals surface area (Å²) < 4.78 is 1.75. The minimum absolute atomic E-state index is 0.483. The SMILES string of the molecule is OC(CC1CCCCCC1)c1cnnn1-c1ccccc1. The van der Waals surface area contributed by atoms with E-state index in [2.05, 4.69) is 10.3 Å². The monoisotopic (exact) mass is 285 g/mol. The van der Waals surface area contributed by atoms with Crippen LogP contribution in [0.15, 0.2) is 36.5 Å². The second-order valence-electron chi connectivity index (χ2n) is 6.02. The molecule has 1 heterocycles. The molecule has 4 nitrogen and oxygen atoms in total. The van der Waals surface area contributed by atoms with E-state index in [0.717, 1.165) is 17.8 Å². The molecule has 1 N–H and O–H groups in total. The third-order valence-electron chi connectivity index (χ3n) is 4.45. The normalized spacial score (nSPS) is 18.3. The first kappa shape index (κ1) is 14.3. The Morgan fingerprint density at radius 1 is 1.10 bits per heavy atom. The predicted molar refractivity (Wildman–Crippen MR) is 82.1 cm³/mol. The van der Waals surface area contributed by atoms with E-state index < -0.39 is 6.10 Å². The van der Waals surface area contributed by atoms with Crippen LogP contribution >= 0.6 is 0 Å². The van der Waals surface area contributed by atoms with E-state index in [9.17, 15) is 5.11 Å². The van der Waals surface area contributed by atoms with Gasteiger partial charge in [0.1, 0.15) is 0 Å². The van der Waals surface area contributed by atoms with Crippen molar-refractivity contribution >= 4 is 0 Å². The lowest BCUT2D eigenvalue weighted by Crippen LogP contribution is -2.11. The van der Waals surface area contributed by atoms with E-state index >= 15 is 0 Å². The fourth-order valence-electron chi connectivity index (χ4n) is 3.28. The van der Waals surface area contributed by atoms with Crippen LogP contribution in [0.3, 0.4) is 0 Å². The molecule has 2 aromatic rings. The minimum atomic E-state index is -0.483. The zero-order valence-corrected chi connectivity index (χ0v) is 12.4. The maximum Gasteiger partial charge on any atom is 0.0980 e. The Bertz CT molecular complexity index is 544. The average Bonchev–Trinajstić information content (AvgIpc) is 2.87. The van der Waals surface area contributed by atoms with E-state index in [1.54, 1.807) is 10.9 Å². The highest BCUT2D eigenvalue weighted by molar-refractivity contribution is 5.31. The lowest BCUT2D eigenvalue weighted by Gasteiger charge is -2.19. The molecule has 0 bridgehead atoms. The third kappa shape index (κ3) is 3.50. The zero-order valence-electron chi connectivity index (χ0n) is 12.4. The van der Waals surface area contributed by atoms with Gasteiger partial charge in [0, 0.05) is 0 Å². The van der Waals surface area contributed by atoms with Crippen molar-refractivity contribution in [2.75, 3.05) is 0 Å². The molecule has 0 aliphatic heterocycles. The van der Waals surface area contributed by atoms with Gasteiger partial charge in [0.2, 0.25) is 0 Å². The van der Waals surface area contributed by atoms with Crippen molar-refractivity contribution in [1.29, 1.82) is 0 Å². The van der Waals surface area contributed by atoms with Crippen LogP contribution in [0.25, 0.3) is 5.69 Å². The summed E-state index contributed by atoms with van der Waals surface area (Å²) in [6.45, 7) is 0. The first-order valence-electron chi connectivity index (χ1n) is 7.98. The zero-order chi connectivity index (χ0) is 14.5. The summed E-state index contributed by atoms with van der Waals surface area (Å²) in [5.74, 6) is 0.627. The van der Waals surface area contributed by atoms with E-state index in [1.165, 1.54) is 38.5 Å². The van der Waals surface area contributed by atoms with E-state index in [4.69, 9.17) is 0 Å². The van der Waals surface area contributed by atoms with Crippen molar-refractivity contribution in [2.24, 2.45) is 5.92 Å². The fourth-order valence-corrected chi connectivity index (χ4v) is 3.28. The van der Waals surface area contributed by atoms with E-state index in [1.807, 2.05) is 30.3 Å². The fraction of sp³-hybridized carbons (Fsp3) is 0.529. The molecule has 0 amide bonds. The highest BCUT2D eigenvalue weighted by Crippen LogP contribution is 2.31. The summed E-state index contributed by atoms with van der Waals surface area (Å²) in [5, 5.41) is 18.7. The quantitative estimate of drug-likeness (QED) is 0.872. The lowest BCUT2D eigenvalue weighted by molar-refractivity contribution is 0.132. The van der Waals surface area contributed by atoms with Crippen LogP contribution in [-0.2, 0) is 0 Å². The second-order valence-corrected chi connectivity index (χ2v) is 6.02. The van der Waals surface area contributed by atoms with Crippen LogP contribution in [0.5, 0.6) is 0 Å². The lowest BCUT2D eigenvalue weighted by atomic mass is 9.93. The standard InChI is InChI=1S/C17H23N3O/c21-17(12-14-8-4-1-2-5-9-14)16-13-18-19-20(16)15-10-6-3-7-11-15/h3,6-7,10-11,13-14,17,21H,1-2,4-5,8-9,12H2. The highest BCUT2D eigenvalue weighted by Gasteiger charge is 2.21. The van der Waals surface area contributed by atoms with Crippen LogP contribution in [0.1, 0.15) is 56.7 Å². The number of benzene rings is 1. The largest absolute Gasteiger partial charge is 0.387 e.